The standard InChI is InChI=1S/C23H27FN4O/c24-21-9-5-18(6-10-21)17-28-22-15-19(7-8-20(22)16-26-28)23(29)25-11-4-14-27-12-2-1-3-13-27/h5-10,15-16H,1-4,11-14,17H2,(H,25,29). The van der Waals surface area contributed by atoms with E-state index in [1.54, 1.807) is 18.3 Å². The predicted octanol–water partition coefficient (Wildman–Crippen LogP) is 3.83. The van der Waals surface area contributed by atoms with Gasteiger partial charge in [-0.25, -0.2) is 4.39 Å². The normalized spacial score (nSPS) is 14.9. The first-order chi connectivity index (χ1) is 14.2. The second kappa shape index (κ2) is 9.18. The van der Waals surface area contributed by atoms with Gasteiger partial charge in [-0.15, -0.1) is 0 Å². The van der Waals surface area contributed by atoms with Crippen LogP contribution in [0.1, 0.15) is 41.6 Å². The summed E-state index contributed by atoms with van der Waals surface area (Å²) >= 11 is 0. The van der Waals surface area contributed by atoms with Crippen LogP contribution in [0.25, 0.3) is 10.9 Å². The van der Waals surface area contributed by atoms with Crippen LogP contribution in [0.15, 0.2) is 48.7 Å². The van der Waals surface area contributed by atoms with E-state index in [0.717, 1.165) is 29.4 Å². The Morgan fingerprint density at radius 2 is 1.86 bits per heavy atom. The number of hydrogen-bond donors (Lipinski definition) is 1. The molecule has 1 aliphatic rings. The summed E-state index contributed by atoms with van der Waals surface area (Å²) in [6.07, 6.45) is 6.68. The van der Waals surface area contributed by atoms with Crippen molar-refractivity contribution in [2.45, 2.75) is 32.2 Å². The van der Waals surface area contributed by atoms with Crippen molar-refractivity contribution < 1.29 is 9.18 Å². The highest BCUT2D eigenvalue weighted by Gasteiger charge is 2.11. The maximum atomic E-state index is 13.1. The Morgan fingerprint density at radius 1 is 1.07 bits per heavy atom. The van der Waals surface area contributed by atoms with Gasteiger partial charge in [0.2, 0.25) is 0 Å². The summed E-state index contributed by atoms with van der Waals surface area (Å²) in [5.41, 5.74) is 2.50. The highest BCUT2D eigenvalue weighted by molar-refractivity contribution is 5.97. The Morgan fingerprint density at radius 3 is 2.66 bits per heavy atom. The van der Waals surface area contributed by atoms with Gasteiger partial charge in [-0.1, -0.05) is 24.6 Å². The van der Waals surface area contributed by atoms with Crippen molar-refractivity contribution in [1.82, 2.24) is 20.0 Å². The van der Waals surface area contributed by atoms with Gasteiger partial charge in [0, 0.05) is 17.5 Å². The zero-order valence-electron chi connectivity index (χ0n) is 16.6. The van der Waals surface area contributed by atoms with E-state index in [1.807, 2.05) is 22.9 Å². The van der Waals surface area contributed by atoms with Crippen LogP contribution < -0.4 is 5.32 Å². The lowest BCUT2D eigenvalue weighted by Crippen LogP contribution is -2.33. The second-order valence-corrected chi connectivity index (χ2v) is 7.71. The molecule has 1 amide bonds. The lowest BCUT2D eigenvalue weighted by molar-refractivity contribution is 0.0951. The number of benzene rings is 2. The number of likely N-dealkylation sites (tertiary alicyclic amines) is 1. The van der Waals surface area contributed by atoms with E-state index >= 15 is 0 Å². The third-order valence-corrected chi connectivity index (χ3v) is 5.54. The molecule has 1 fully saturated rings. The molecular formula is C23H27FN4O. The van der Waals surface area contributed by atoms with E-state index in [9.17, 15) is 9.18 Å². The third kappa shape index (κ3) is 5.01. The molecule has 1 saturated heterocycles. The zero-order chi connectivity index (χ0) is 20.1. The fourth-order valence-electron chi connectivity index (χ4n) is 3.89. The first kappa shape index (κ1) is 19.6. The highest BCUT2D eigenvalue weighted by atomic mass is 19.1. The molecule has 2 aromatic carbocycles. The van der Waals surface area contributed by atoms with Crippen LogP contribution in [0.2, 0.25) is 0 Å². The van der Waals surface area contributed by atoms with Crippen molar-refractivity contribution in [3.05, 3.63) is 65.6 Å². The molecule has 1 aromatic heterocycles. The third-order valence-electron chi connectivity index (χ3n) is 5.54. The molecule has 0 spiro atoms. The molecule has 152 valence electrons. The molecule has 0 bridgehead atoms. The summed E-state index contributed by atoms with van der Waals surface area (Å²) in [5, 5.41) is 8.44. The molecule has 1 N–H and O–H groups in total. The highest BCUT2D eigenvalue weighted by Crippen LogP contribution is 2.18. The van der Waals surface area contributed by atoms with Crippen LogP contribution in [-0.2, 0) is 6.54 Å². The van der Waals surface area contributed by atoms with Gasteiger partial charge in [0.25, 0.3) is 5.91 Å². The van der Waals surface area contributed by atoms with Crippen LogP contribution in [-0.4, -0.2) is 46.8 Å². The Kier molecular flexibility index (Phi) is 6.20. The molecule has 29 heavy (non-hydrogen) atoms. The first-order valence-electron chi connectivity index (χ1n) is 10.4. The smallest absolute Gasteiger partial charge is 0.251 e. The number of hydrogen-bond acceptors (Lipinski definition) is 3. The topological polar surface area (TPSA) is 50.2 Å². The Bertz CT molecular complexity index is 961. The molecule has 1 aliphatic heterocycles. The summed E-state index contributed by atoms with van der Waals surface area (Å²) in [6, 6.07) is 12.0. The van der Waals surface area contributed by atoms with Crippen LogP contribution in [0.4, 0.5) is 4.39 Å². The van der Waals surface area contributed by atoms with E-state index < -0.39 is 0 Å². The number of rotatable bonds is 7. The molecule has 4 rings (SSSR count). The number of carbonyl (C=O) groups excluding carboxylic acids is 1. The Hall–Kier alpha value is -2.73. The summed E-state index contributed by atoms with van der Waals surface area (Å²) in [4.78, 5) is 15.1. The monoisotopic (exact) mass is 394 g/mol. The maximum absolute atomic E-state index is 13.1. The minimum absolute atomic E-state index is 0.0555. The molecule has 0 saturated carbocycles. The lowest BCUT2D eigenvalue weighted by atomic mass is 10.1. The summed E-state index contributed by atoms with van der Waals surface area (Å²) in [7, 11) is 0. The van der Waals surface area contributed by atoms with Crippen molar-refractivity contribution in [3.63, 3.8) is 0 Å². The molecule has 0 unspecified atom stereocenters. The molecule has 5 nitrogen and oxygen atoms in total. The predicted molar refractivity (Wildman–Crippen MR) is 112 cm³/mol. The van der Waals surface area contributed by atoms with Crippen LogP contribution in [0.5, 0.6) is 0 Å². The van der Waals surface area contributed by atoms with Gasteiger partial charge in [0.15, 0.2) is 0 Å². The van der Waals surface area contributed by atoms with Crippen molar-refractivity contribution in [2.75, 3.05) is 26.2 Å². The van der Waals surface area contributed by atoms with Gasteiger partial charge in [0.05, 0.1) is 18.3 Å². The van der Waals surface area contributed by atoms with E-state index in [-0.39, 0.29) is 11.7 Å². The number of aromatic nitrogens is 2. The summed E-state index contributed by atoms with van der Waals surface area (Å²) in [6.45, 7) is 4.63. The van der Waals surface area contributed by atoms with Crippen molar-refractivity contribution in [3.8, 4) is 0 Å². The van der Waals surface area contributed by atoms with E-state index in [4.69, 9.17) is 0 Å². The number of carbonyl (C=O) groups is 1. The molecule has 0 aliphatic carbocycles. The zero-order valence-corrected chi connectivity index (χ0v) is 16.6. The van der Waals surface area contributed by atoms with Gasteiger partial charge in [-0.2, -0.15) is 5.10 Å². The van der Waals surface area contributed by atoms with Crippen LogP contribution in [0.3, 0.4) is 0 Å². The summed E-state index contributed by atoms with van der Waals surface area (Å²) < 4.78 is 15.0. The SMILES string of the molecule is O=C(NCCCN1CCCCC1)c1ccc2cnn(Cc3ccc(F)cc3)c2c1. The quantitative estimate of drug-likeness (QED) is 0.620. The Labute approximate surface area is 170 Å². The number of piperidine rings is 1. The number of nitrogens with one attached hydrogen (secondary N) is 1. The van der Waals surface area contributed by atoms with Crippen molar-refractivity contribution in [1.29, 1.82) is 0 Å². The first-order valence-corrected chi connectivity index (χ1v) is 10.4. The second-order valence-electron chi connectivity index (χ2n) is 7.71. The molecule has 3 aromatic rings. The molecule has 6 heteroatoms. The van der Waals surface area contributed by atoms with Crippen LogP contribution in [0, 0.1) is 5.82 Å². The number of amides is 1. The molecule has 0 radical (unpaired) electrons. The largest absolute Gasteiger partial charge is 0.352 e. The number of halogens is 1. The van der Waals surface area contributed by atoms with Crippen molar-refractivity contribution in [2.24, 2.45) is 0 Å². The minimum Gasteiger partial charge on any atom is -0.352 e. The average molecular weight is 394 g/mol. The van der Waals surface area contributed by atoms with E-state index in [1.165, 1.54) is 44.5 Å². The number of fused-ring (bicyclic) bond motifs is 1. The van der Waals surface area contributed by atoms with Gasteiger partial charge < -0.3 is 10.2 Å². The van der Waals surface area contributed by atoms with Crippen molar-refractivity contribution >= 4 is 16.8 Å². The van der Waals surface area contributed by atoms with E-state index in [2.05, 4.69) is 15.3 Å². The summed E-state index contributed by atoms with van der Waals surface area (Å²) in [5.74, 6) is -0.307. The fraction of sp³-hybridized carbons (Fsp3) is 0.391. The molecule has 0 atom stereocenters. The maximum Gasteiger partial charge on any atom is 0.251 e. The Balaban J connectivity index is 1.37. The molecule has 2 heterocycles. The minimum atomic E-state index is -0.252. The van der Waals surface area contributed by atoms with Gasteiger partial charge in [-0.3, -0.25) is 9.48 Å². The molecular weight excluding hydrogens is 367 g/mol. The van der Waals surface area contributed by atoms with Gasteiger partial charge in [-0.05, 0) is 68.7 Å². The van der Waals surface area contributed by atoms with Gasteiger partial charge >= 0.3 is 0 Å². The number of nitrogens with zero attached hydrogens (tertiary/aromatic N) is 3. The van der Waals surface area contributed by atoms with E-state index in [0.29, 0.717) is 18.7 Å². The van der Waals surface area contributed by atoms with Crippen LogP contribution >= 0.6 is 0 Å². The average Bonchev–Trinajstić information content (AvgIpc) is 3.15. The van der Waals surface area contributed by atoms with Gasteiger partial charge in [0.1, 0.15) is 5.82 Å². The lowest BCUT2D eigenvalue weighted by Gasteiger charge is -2.26. The fourth-order valence-corrected chi connectivity index (χ4v) is 3.89.